The van der Waals surface area contributed by atoms with Crippen molar-refractivity contribution in [3.63, 3.8) is 0 Å². The Labute approximate surface area is 218 Å². The Morgan fingerprint density at radius 1 is 1.19 bits per heavy atom. The van der Waals surface area contributed by atoms with Crippen LogP contribution in [0, 0.1) is 0 Å². The van der Waals surface area contributed by atoms with E-state index in [4.69, 9.17) is 21.1 Å². The van der Waals surface area contributed by atoms with Gasteiger partial charge in [-0.2, -0.15) is 13.2 Å². The zero-order valence-corrected chi connectivity index (χ0v) is 21.6. The maximum absolute atomic E-state index is 14.2. The molecule has 4 rings (SSSR count). The van der Waals surface area contributed by atoms with Crippen molar-refractivity contribution in [2.75, 3.05) is 6.61 Å². The molecule has 0 spiro atoms. The van der Waals surface area contributed by atoms with E-state index in [1.807, 2.05) is 13.8 Å². The van der Waals surface area contributed by atoms with Gasteiger partial charge < -0.3 is 9.47 Å². The molecule has 1 aromatic heterocycles. The van der Waals surface area contributed by atoms with Crippen molar-refractivity contribution in [3.8, 4) is 5.75 Å². The second-order valence-electron chi connectivity index (χ2n) is 8.32. The standard InChI is InChI=1S/C26H22ClF3N2O4S/c1-4-35-24(34)20-21(15-9-11-17(27)12-10-15)32-23(33)19(37-25(32)31-22(20)26(28,29)30)13-16-7-5-6-8-18(16)36-14(2)3/h5-14,21H,4H2,1-3H3/b19-13-/t21-/m0/s1. The minimum Gasteiger partial charge on any atom is -0.490 e. The van der Waals surface area contributed by atoms with Gasteiger partial charge in [-0.1, -0.05) is 53.3 Å². The Morgan fingerprint density at radius 2 is 1.86 bits per heavy atom. The van der Waals surface area contributed by atoms with Crippen LogP contribution < -0.4 is 19.6 Å². The fraction of sp³-hybridized carbons (Fsp3) is 0.269. The Hall–Kier alpha value is -3.37. The van der Waals surface area contributed by atoms with E-state index in [0.717, 1.165) is 15.9 Å². The van der Waals surface area contributed by atoms with Gasteiger partial charge in [0.2, 0.25) is 0 Å². The predicted molar refractivity (Wildman–Crippen MR) is 134 cm³/mol. The summed E-state index contributed by atoms with van der Waals surface area (Å²) >= 11 is 6.78. The molecule has 1 aliphatic heterocycles. The van der Waals surface area contributed by atoms with Gasteiger partial charge >= 0.3 is 12.1 Å². The van der Waals surface area contributed by atoms with Gasteiger partial charge in [-0.25, -0.2) is 9.79 Å². The maximum atomic E-state index is 14.2. The zero-order chi connectivity index (χ0) is 26.9. The number of alkyl halides is 3. The number of fused-ring (bicyclic) bond motifs is 1. The largest absolute Gasteiger partial charge is 0.490 e. The molecule has 0 radical (unpaired) electrons. The molecule has 0 aliphatic carbocycles. The molecule has 0 fully saturated rings. The molecule has 0 saturated heterocycles. The maximum Gasteiger partial charge on any atom is 0.434 e. The van der Waals surface area contributed by atoms with E-state index in [2.05, 4.69) is 4.99 Å². The Morgan fingerprint density at radius 3 is 2.49 bits per heavy atom. The average molecular weight is 551 g/mol. The minimum atomic E-state index is -4.97. The summed E-state index contributed by atoms with van der Waals surface area (Å²) in [6.07, 6.45) is -3.57. The van der Waals surface area contributed by atoms with Crippen molar-refractivity contribution in [1.82, 2.24) is 4.57 Å². The number of ether oxygens (including phenoxy) is 2. The molecule has 1 atom stereocenters. The third-order valence-electron chi connectivity index (χ3n) is 5.35. The highest BCUT2D eigenvalue weighted by Gasteiger charge is 2.45. The summed E-state index contributed by atoms with van der Waals surface area (Å²) in [4.78, 5) is 30.1. The van der Waals surface area contributed by atoms with E-state index >= 15 is 0 Å². The van der Waals surface area contributed by atoms with Gasteiger partial charge in [-0.3, -0.25) is 9.36 Å². The zero-order valence-electron chi connectivity index (χ0n) is 20.0. The average Bonchev–Trinajstić information content (AvgIpc) is 3.14. The topological polar surface area (TPSA) is 69.9 Å². The molecule has 11 heteroatoms. The molecular formula is C26H22ClF3N2O4S. The second-order valence-corrected chi connectivity index (χ2v) is 9.76. The number of rotatable bonds is 6. The number of benzene rings is 2. The van der Waals surface area contributed by atoms with E-state index in [9.17, 15) is 22.8 Å². The van der Waals surface area contributed by atoms with Gasteiger partial charge in [-0.15, -0.1) is 0 Å². The number of carbonyl (C=O) groups excluding carboxylic acids is 1. The number of para-hydroxylation sites is 1. The minimum absolute atomic E-state index is 0.129. The molecule has 194 valence electrons. The molecule has 0 unspecified atom stereocenters. The van der Waals surface area contributed by atoms with Crippen molar-refractivity contribution in [2.45, 2.75) is 39.1 Å². The van der Waals surface area contributed by atoms with E-state index in [1.54, 1.807) is 30.3 Å². The number of aromatic nitrogens is 1. The van der Waals surface area contributed by atoms with E-state index in [-0.39, 0.29) is 27.6 Å². The molecule has 0 saturated carbocycles. The fourth-order valence-corrected chi connectivity index (χ4v) is 5.02. The monoisotopic (exact) mass is 550 g/mol. The smallest absolute Gasteiger partial charge is 0.434 e. The molecule has 0 bridgehead atoms. The number of hydrogen-bond donors (Lipinski definition) is 0. The van der Waals surface area contributed by atoms with Crippen LogP contribution in [0.3, 0.4) is 0 Å². The summed E-state index contributed by atoms with van der Waals surface area (Å²) in [7, 11) is 0. The lowest BCUT2D eigenvalue weighted by Gasteiger charge is -2.26. The molecule has 37 heavy (non-hydrogen) atoms. The van der Waals surface area contributed by atoms with Crippen LogP contribution in [0.25, 0.3) is 6.08 Å². The first-order valence-corrected chi connectivity index (χ1v) is 12.5. The fourth-order valence-electron chi connectivity index (χ4n) is 3.90. The van der Waals surface area contributed by atoms with Crippen LogP contribution in [-0.2, 0) is 9.53 Å². The Balaban J connectivity index is 2.03. The van der Waals surface area contributed by atoms with Crippen LogP contribution in [0.4, 0.5) is 13.2 Å². The first-order chi connectivity index (χ1) is 17.5. The van der Waals surface area contributed by atoms with Crippen LogP contribution in [0.2, 0.25) is 5.02 Å². The highest BCUT2D eigenvalue weighted by atomic mass is 35.5. The Kier molecular flexibility index (Phi) is 7.61. The lowest BCUT2D eigenvalue weighted by molar-refractivity contribution is -0.140. The highest BCUT2D eigenvalue weighted by Crippen LogP contribution is 2.38. The number of hydrogen-bond acceptors (Lipinski definition) is 6. The highest BCUT2D eigenvalue weighted by molar-refractivity contribution is 7.07. The predicted octanol–water partition coefficient (Wildman–Crippen LogP) is 4.78. The number of halogens is 4. The quantitative estimate of drug-likeness (QED) is 0.414. The lowest BCUT2D eigenvalue weighted by atomic mass is 9.95. The number of allylic oxidation sites excluding steroid dienone is 1. The first-order valence-electron chi connectivity index (χ1n) is 11.3. The van der Waals surface area contributed by atoms with Gasteiger partial charge in [0.15, 0.2) is 10.5 Å². The van der Waals surface area contributed by atoms with Crippen LogP contribution in [0.15, 0.2) is 69.6 Å². The van der Waals surface area contributed by atoms with Crippen molar-refractivity contribution in [1.29, 1.82) is 0 Å². The van der Waals surface area contributed by atoms with E-state index in [0.29, 0.717) is 16.3 Å². The summed E-state index contributed by atoms with van der Waals surface area (Å²) in [5, 5.41) is 0.343. The van der Waals surface area contributed by atoms with Crippen LogP contribution in [0.1, 0.15) is 37.9 Å². The number of esters is 1. The van der Waals surface area contributed by atoms with E-state index in [1.165, 1.54) is 31.2 Å². The summed E-state index contributed by atoms with van der Waals surface area (Å²) in [5.74, 6) is -0.690. The SMILES string of the molecule is CCOC(=O)C1=C(C(F)(F)F)N=c2s/c(=C\c3ccccc3OC(C)C)c(=O)n2[C@H]1c1ccc(Cl)cc1. The van der Waals surface area contributed by atoms with Gasteiger partial charge in [0.25, 0.3) is 5.56 Å². The van der Waals surface area contributed by atoms with Crippen molar-refractivity contribution >= 4 is 35.0 Å². The second kappa shape index (κ2) is 10.5. The van der Waals surface area contributed by atoms with Crippen LogP contribution >= 0.6 is 22.9 Å². The lowest BCUT2D eigenvalue weighted by Crippen LogP contribution is -2.41. The molecule has 0 amide bonds. The van der Waals surface area contributed by atoms with Crippen molar-refractivity contribution in [2.24, 2.45) is 4.99 Å². The molecule has 3 aromatic rings. The summed E-state index contributed by atoms with van der Waals surface area (Å²) < 4.78 is 54.5. The third kappa shape index (κ3) is 5.50. The first kappa shape index (κ1) is 26.7. The molecule has 1 aliphatic rings. The summed E-state index contributed by atoms with van der Waals surface area (Å²) in [6, 6.07) is 11.5. The molecule has 6 nitrogen and oxygen atoms in total. The van der Waals surface area contributed by atoms with Crippen molar-refractivity contribution in [3.05, 3.63) is 95.6 Å². The van der Waals surface area contributed by atoms with Gasteiger partial charge in [0.1, 0.15) is 5.75 Å². The molecule has 2 aromatic carbocycles. The third-order valence-corrected chi connectivity index (χ3v) is 6.58. The summed E-state index contributed by atoms with van der Waals surface area (Å²) in [6.45, 7) is 5.03. The van der Waals surface area contributed by atoms with Gasteiger partial charge in [0, 0.05) is 10.6 Å². The normalized spacial score (nSPS) is 16.0. The van der Waals surface area contributed by atoms with Crippen molar-refractivity contribution < 1.29 is 27.4 Å². The number of nitrogens with zero attached hydrogens (tertiary/aromatic N) is 2. The van der Waals surface area contributed by atoms with Crippen LogP contribution in [0.5, 0.6) is 5.75 Å². The van der Waals surface area contributed by atoms with Crippen LogP contribution in [-0.4, -0.2) is 29.4 Å². The van der Waals surface area contributed by atoms with E-state index < -0.39 is 35.0 Å². The van der Waals surface area contributed by atoms with Gasteiger partial charge in [-0.05, 0) is 50.6 Å². The molecular weight excluding hydrogens is 529 g/mol. The number of carbonyl (C=O) groups is 1. The Bertz CT molecular complexity index is 1540. The van der Waals surface area contributed by atoms with Gasteiger partial charge in [0.05, 0.1) is 28.9 Å². The number of thiazole rings is 1. The molecule has 2 heterocycles. The molecule has 0 N–H and O–H groups in total. The summed E-state index contributed by atoms with van der Waals surface area (Å²) in [5.41, 5.74) is -1.95.